The molecule has 9 heteroatoms. The molecule has 1 aromatic carbocycles. The molecular formula is C22H28F3N5O. The van der Waals surface area contributed by atoms with Gasteiger partial charge in [0, 0.05) is 43.6 Å². The lowest BCUT2D eigenvalue weighted by atomic mass is 9.92. The molecule has 1 atom stereocenters. The Kier molecular flexibility index (Phi) is 5.72. The van der Waals surface area contributed by atoms with E-state index in [4.69, 9.17) is 0 Å². The molecule has 168 valence electrons. The monoisotopic (exact) mass is 435 g/mol. The van der Waals surface area contributed by atoms with Gasteiger partial charge in [0.1, 0.15) is 6.54 Å². The normalized spacial score (nSPS) is 19.5. The standard InChI is InChI=1S/C22H28F3N5O/c1-14-10-15(2)30(27-14)13-21(31)29-9-8-28(12-16(29)3)20-5-4-19(22(23,24)25)17-6-7-26-11-18(17)20/h4-5,10,16,26H,6-9,11-13H2,1-3H3/t16-/m1/s1. The molecule has 4 rings (SSSR count). The summed E-state index contributed by atoms with van der Waals surface area (Å²) in [6.45, 7) is 8.69. The molecule has 6 nitrogen and oxygen atoms in total. The lowest BCUT2D eigenvalue weighted by Crippen LogP contribution is -2.55. The first kappa shape index (κ1) is 21.7. The first-order chi connectivity index (χ1) is 14.6. The van der Waals surface area contributed by atoms with Gasteiger partial charge < -0.3 is 15.1 Å². The number of piperazine rings is 1. The van der Waals surface area contributed by atoms with Crippen molar-refractivity contribution in [3.8, 4) is 0 Å². The Labute approximate surface area is 180 Å². The highest BCUT2D eigenvalue weighted by atomic mass is 19.4. The zero-order valence-corrected chi connectivity index (χ0v) is 18.1. The van der Waals surface area contributed by atoms with Gasteiger partial charge in [0.05, 0.1) is 11.3 Å². The van der Waals surface area contributed by atoms with Gasteiger partial charge in [0.15, 0.2) is 0 Å². The number of rotatable bonds is 3. The number of anilines is 1. The maximum Gasteiger partial charge on any atom is 0.416 e. The van der Waals surface area contributed by atoms with Crippen molar-refractivity contribution in [2.75, 3.05) is 31.1 Å². The van der Waals surface area contributed by atoms with Gasteiger partial charge in [-0.2, -0.15) is 18.3 Å². The minimum Gasteiger partial charge on any atom is -0.367 e. The van der Waals surface area contributed by atoms with E-state index in [9.17, 15) is 18.0 Å². The average molecular weight is 435 g/mol. The fourth-order valence-corrected chi connectivity index (χ4v) is 4.75. The molecule has 1 saturated heterocycles. The van der Waals surface area contributed by atoms with Gasteiger partial charge in [-0.05, 0) is 63.1 Å². The molecule has 0 spiro atoms. The smallest absolute Gasteiger partial charge is 0.367 e. The summed E-state index contributed by atoms with van der Waals surface area (Å²) in [7, 11) is 0. The topological polar surface area (TPSA) is 53.4 Å². The number of amides is 1. The molecule has 2 aliphatic heterocycles. The summed E-state index contributed by atoms with van der Waals surface area (Å²) in [6.07, 6.45) is -3.98. The molecule has 2 aromatic rings. The number of halogens is 3. The Morgan fingerprint density at radius 3 is 2.65 bits per heavy atom. The third kappa shape index (κ3) is 4.28. The number of benzene rings is 1. The van der Waals surface area contributed by atoms with Crippen LogP contribution in [0, 0.1) is 13.8 Å². The number of carbonyl (C=O) groups is 1. The van der Waals surface area contributed by atoms with Crippen molar-refractivity contribution in [1.29, 1.82) is 0 Å². The van der Waals surface area contributed by atoms with Crippen LogP contribution in [0.5, 0.6) is 0 Å². The van der Waals surface area contributed by atoms with Crippen LogP contribution in [0.4, 0.5) is 18.9 Å². The van der Waals surface area contributed by atoms with Crippen LogP contribution in [0.3, 0.4) is 0 Å². The fraction of sp³-hybridized carbons (Fsp3) is 0.545. The number of nitrogens with one attached hydrogen (secondary N) is 1. The summed E-state index contributed by atoms with van der Waals surface area (Å²) in [6, 6.07) is 4.70. The number of carbonyl (C=O) groups excluding carboxylic acids is 1. The number of alkyl halides is 3. The van der Waals surface area contributed by atoms with Crippen LogP contribution in [0.15, 0.2) is 18.2 Å². The third-order valence-corrected chi connectivity index (χ3v) is 6.24. The zero-order valence-electron chi connectivity index (χ0n) is 18.1. The molecule has 1 aromatic heterocycles. The van der Waals surface area contributed by atoms with Crippen molar-refractivity contribution in [2.45, 2.75) is 52.5 Å². The highest BCUT2D eigenvalue weighted by Gasteiger charge is 2.37. The summed E-state index contributed by atoms with van der Waals surface area (Å²) in [4.78, 5) is 16.8. The van der Waals surface area contributed by atoms with E-state index in [0.717, 1.165) is 22.6 Å². The first-order valence-corrected chi connectivity index (χ1v) is 10.6. The van der Waals surface area contributed by atoms with Gasteiger partial charge in [-0.1, -0.05) is 0 Å². The maximum absolute atomic E-state index is 13.5. The largest absolute Gasteiger partial charge is 0.416 e. The quantitative estimate of drug-likeness (QED) is 0.806. The van der Waals surface area contributed by atoms with Gasteiger partial charge >= 0.3 is 6.18 Å². The van der Waals surface area contributed by atoms with Crippen LogP contribution in [0.25, 0.3) is 0 Å². The van der Waals surface area contributed by atoms with Crippen molar-refractivity contribution in [2.24, 2.45) is 0 Å². The van der Waals surface area contributed by atoms with Crippen LogP contribution in [0.1, 0.15) is 35.0 Å². The average Bonchev–Trinajstić information content (AvgIpc) is 3.02. The second-order valence-electron chi connectivity index (χ2n) is 8.48. The van der Waals surface area contributed by atoms with Crippen molar-refractivity contribution in [3.05, 3.63) is 46.3 Å². The Morgan fingerprint density at radius 2 is 2.00 bits per heavy atom. The van der Waals surface area contributed by atoms with Gasteiger partial charge in [0.2, 0.25) is 5.91 Å². The molecule has 1 N–H and O–H groups in total. The number of nitrogens with zero attached hydrogens (tertiary/aromatic N) is 4. The molecule has 0 bridgehead atoms. The molecule has 1 amide bonds. The van der Waals surface area contributed by atoms with Crippen molar-refractivity contribution in [3.63, 3.8) is 0 Å². The van der Waals surface area contributed by atoms with E-state index < -0.39 is 11.7 Å². The minimum absolute atomic E-state index is 0.00876. The molecule has 0 aliphatic carbocycles. The summed E-state index contributed by atoms with van der Waals surface area (Å²) in [5, 5.41) is 7.57. The van der Waals surface area contributed by atoms with Gasteiger partial charge in [-0.25, -0.2) is 0 Å². The molecule has 1 fully saturated rings. The molecular weight excluding hydrogens is 407 g/mol. The number of fused-ring (bicyclic) bond motifs is 1. The number of aromatic nitrogens is 2. The zero-order chi connectivity index (χ0) is 22.3. The predicted molar refractivity (Wildman–Crippen MR) is 112 cm³/mol. The van der Waals surface area contributed by atoms with Crippen LogP contribution in [-0.4, -0.2) is 52.8 Å². The number of hydrogen-bond donors (Lipinski definition) is 1. The summed E-state index contributed by atoms with van der Waals surface area (Å²) >= 11 is 0. The maximum atomic E-state index is 13.5. The Balaban J connectivity index is 1.51. The van der Waals surface area contributed by atoms with Gasteiger partial charge in [-0.3, -0.25) is 9.48 Å². The molecule has 3 heterocycles. The summed E-state index contributed by atoms with van der Waals surface area (Å²) in [5.74, 6) is 0.00876. The molecule has 2 aliphatic rings. The van der Waals surface area contributed by atoms with E-state index >= 15 is 0 Å². The van der Waals surface area contributed by atoms with E-state index in [0.29, 0.717) is 44.7 Å². The summed E-state index contributed by atoms with van der Waals surface area (Å²) in [5.41, 5.74) is 3.27. The fourth-order valence-electron chi connectivity index (χ4n) is 4.75. The Bertz CT molecular complexity index is 984. The first-order valence-electron chi connectivity index (χ1n) is 10.6. The van der Waals surface area contributed by atoms with Gasteiger partial charge in [-0.15, -0.1) is 0 Å². The van der Waals surface area contributed by atoms with E-state index in [1.807, 2.05) is 31.7 Å². The van der Waals surface area contributed by atoms with E-state index in [1.165, 1.54) is 6.07 Å². The van der Waals surface area contributed by atoms with Crippen LogP contribution < -0.4 is 10.2 Å². The van der Waals surface area contributed by atoms with Crippen LogP contribution in [0.2, 0.25) is 0 Å². The minimum atomic E-state index is -4.35. The second kappa shape index (κ2) is 8.18. The molecule has 31 heavy (non-hydrogen) atoms. The van der Waals surface area contributed by atoms with Crippen molar-refractivity contribution < 1.29 is 18.0 Å². The van der Waals surface area contributed by atoms with Crippen LogP contribution >= 0.6 is 0 Å². The Hall–Kier alpha value is -2.55. The van der Waals surface area contributed by atoms with E-state index in [-0.39, 0.29) is 18.5 Å². The number of aryl methyl sites for hydroxylation is 2. The molecule has 0 saturated carbocycles. The second-order valence-corrected chi connectivity index (χ2v) is 8.48. The molecule has 0 unspecified atom stereocenters. The lowest BCUT2D eigenvalue weighted by molar-refractivity contribution is -0.138. The van der Waals surface area contributed by atoms with Crippen molar-refractivity contribution >= 4 is 11.6 Å². The lowest BCUT2D eigenvalue weighted by Gasteiger charge is -2.42. The third-order valence-electron chi connectivity index (χ3n) is 6.24. The van der Waals surface area contributed by atoms with Gasteiger partial charge in [0.25, 0.3) is 0 Å². The highest BCUT2D eigenvalue weighted by molar-refractivity contribution is 5.77. The summed E-state index contributed by atoms with van der Waals surface area (Å²) < 4.78 is 42.1. The highest BCUT2D eigenvalue weighted by Crippen LogP contribution is 2.38. The molecule has 0 radical (unpaired) electrons. The Morgan fingerprint density at radius 1 is 1.23 bits per heavy atom. The SMILES string of the molecule is Cc1cc(C)n(CC(=O)N2CCN(c3ccc(C(F)(F)F)c4c3CNCC4)C[C@H]2C)n1. The van der Waals surface area contributed by atoms with E-state index in [2.05, 4.69) is 15.3 Å². The predicted octanol–water partition coefficient (Wildman–Crippen LogP) is 2.90. The van der Waals surface area contributed by atoms with Crippen LogP contribution in [-0.2, 0) is 30.5 Å². The number of hydrogen-bond acceptors (Lipinski definition) is 4. The van der Waals surface area contributed by atoms with E-state index in [1.54, 1.807) is 10.7 Å². The van der Waals surface area contributed by atoms with Crippen molar-refractivity contribution in [1.82, 2.24) is 20.0 Å².